The molecule has 118 valence electrons. The van der Waals surface area contributed by atoms with Crippen LogP contribution in [-0.4, -0.2) is 23.5 Å². The zero-order valence-corrected chi connectivity index (χ0v) is 14.6. The van der Waals surface area contributed by atoms with Gasteiger partial charge in [0.1, 0.15) is 5.82 Å². The van der Waals surface area contributed by atoms with E-state index >= 15 is 0 Å². The molecule has 4 heteroatoms. The van der Waals surface area contributed by atoms with E-state index in [2.05, 4.69) is 34.7 Å². The van der Waals surface area contributed by atoms with E-state index in [0.29, 0.717) is 12.1 Å². The Morgan fingerprint density at radius 3 is 2.62 bits per heavy atom. The van der Waals surface area contributed by atoms with Crippen LogP contribution in [0.5, 0.6) is 0 Å². The number of benzene rings is 1. The van der Waals surface area contributed by atoms with Gasteiger partial charge in [0.05, 0.1) is 0 Å². The number of hydrogen-bond donors (Lipinski definition) is 1. The summed E-state index contributed by atoms with van der Waals surface area (Å²) in [6.07, 6.45) is 5.50. The van der Waals surface area contributed by atoms with Crippen LogP contribution in [0.4, 0.5) is 4.39 Å². The standard InChI is InChI=1S/C17H26BrFN2/c1-3-10-21(15-7-5-14(20)6-8-15)12(2)16-11-13(18)4-9-17(16)19/h4,9,11-12,14-15H,3,5-8,10,20H2,1-2H3. The Balaban J connectivity index is 2.18. The van der Waals surface area contributed by atoms with Crippen LogP contribution in [0.25, 0.3) is 0 Å². The fraction of sp³-hybridized carbons (Fsp3) is 0.647. The second kappa shape index (κ2) is 7.70. The average molecular weight is 357 g/mol. The summed E-state index contributed by atoms with van der Waals surface area (Å²) in [4.78, 5) is 2.47. The van der Waals surface area contributed by atoms with Crippen molar-refractivity contribution in [2.24, 2.45) is 5.73 Å². The third-order valence-corrected chi connectivity index (χ3v) is 5.09. The molecule has 0 bridgehead atoms. The molecule has 1 aromatic rings. The van der Waals surface area contributed by atoms with Gasteiger partial charge in [0.15, 0.2) is 0 Å². The molecule has 1 aliphatic carbocycles. The number of hydrogen-bond acceptors (Lipinski definition) is 2. The van der Waals surface area contributed by atoms with Gasteiger partial charge in [-0.05, 0) is 63.8 Å². The number of rotatable bonds is 5. The average Bonchev–Trinajstić information content (AvgIpc) is 2.48. The first-order valence-electron chi connectivity index (χ1n) is 7.99. The predicted molar refractivity (Wildman–Crippen MR) is 89.7 cm³/mol. The van der Waals surface area contributed by atoms with Gasteiger partial charge in [-0.2, -0.15) is 0 Å². The van der Waals surface area contributed by atoms with Gasteiger partial charge in [-0.3, -0.25) is 4.90 Å². The summed E-state index contributed by atoms with van der Waals surface area (Å²) in [6, 6.07) is 6.20. The quantitative estimate of drug-likeness (QED) is 0.832. The number of nitrogens with two attached hydrogens (primary N) is 1. The highest BCUT2D eigenvalue weighted by atomic mass is 79.9. The predicted octanol–water partition coefficient (Wildman–Crippen LogP) is 4.63. The molecule has 0 aliphatic heterocycles. The number of nitrogens with zero attached hydrogens (tertiary/aromatic N) is 1. The maximum atomic E-state index is 14.2. The molecule has 1 unspecified atom stereocenters. The van der Waals surface area contributed by atoms with Gasteiger partial charge in [-0.25, -0.2) is 4.39 Å². The highest BCUT2D eigenvalue weighted by Gasteiger charge is 2.28. The smallest absolute Gasteiger partial charge is 0.128 e. The first-order chi connectivity index (χ1) is 10.0. The molecule has 0 saturated heterocycles. The van der Waals surface area contributed by atoms with Gasteiger partial charge < -0.3 is 5.73 Å². The van der Waals surface area contributed by atoms with Crippen LogP contribution in [0, 0.1) is 5.82 Å². The zero-order valence-electron chi connectivity index (χ0n) is 13.0. The lowest BCUT2D eigenvalue weighted by molar-refractivity contribution is 0.106. The van der Waals surface area contributed by atoms with Crippen LogP contribution in [0.2, 0.25) is 0 Å². The van der Waals surface area contributed by atoms with Gasteiger partial charge in [0, 0.05) is 28.2 Å². The Morgan fingerprint density at radius 2 is 2.00 bits per heavy atom. The van der Waals surface area contributed by atoms with Crippen LogP contribution in [0.3, 0.4) is 0 Å². The molecule has 2 N–H and O–H groups in total. The van der Waals surface area contributed by atoms with Crippen LogP contribution in [-0.2, 0) is 0 Å². The Kier molecular flexibility index (Phi) is 6.20. The SMILES string of the molecule is CCCN(C1CCC(N)CC1)C(C)c1cc(Br)ccc1F. The molecule has 1 fully saturated rings. The summed E-state index contributed by atoms with van der Waals surface area (Å²) < 4.78 is 15.1. The van der Waals surface area contributed by atoms with Crippen molar-refractivity contribution in [3.8, 4) is 0 Å². The molecule has 2 rings (SSSR count). The fourth-order valence-electron chi connectivity index (χ4n) is 3.40. The fourth-order valence-corrected chi connectivity index (χ4v) is 3.78. The maximum absolute atomic E-state index is 14.2. The minimum Gasteiger partial charge on any atom is -0.328 e. The van der Waals surface area contributed by atoms with E-state index in [1.807, 2.05) is 6.07 Å². The van der Waals surface area contributed by atoms with Crippen LogP contribution >= 0.6 is 15.9 Å². The molecule has 1 atom stereocenters. The largest absolute Gasteiger partial charge is 0.328 e. The van der Waals surface area contributed by atoms with E-state index in [1.54, 1.807) is 12.1 Å². The Labute approximate surface area is 136 Å². The molecule has 0 spiro atoms. The van der Waals surface area contributed by atoms with E-state index < -0.39 is 0 Å². The molecule has 0 amide bonds. The third kappa shape index (κ3) is 4.27. The van der Waals surface area contributed by atoms with Crippen molar-refractivity contribution in [1.82, 2.24) is 4.90 Å². The van der Waals surface area contributed by atoms with Crippen LogP contribution in [0.1, 0.15) is 57.6 Å². The van der Waals surface area contributed by atoms with E-state index in [0.717, 1.165) is 48.7 Å². The summed E-state index contributed by atoms with van der Waals surface area (Å²) in [5.41, 5.74) is 6.80. The maximum Gasteiger partial charge on any atom is 0.128 e. The Bertz CT molecular complexity index is 458. The minimum absolute atomic E-state index is 0.0989. The highest BCUT2D eigenvalue weighted by Crippen LogP contribution is 2.32. The molecule has 0 aromatic heterocycles. The molecule has 0 radical (unpaired) electrons. The van der Waals surface area contributed by atoms with Crippen molar-refractivity contribution in [3.05, 3.63) is 34.1 Å². The van der Waals surface area contributed by atoms with E-state index in [4.69, 9.17) is 5.73 Å². The topological polar surface area (TPSA) is 29.3 Å². The van der Waals surface area contributed by atoms with Gasteiger partial charge >= 0.3 is 0 Å². The van der Waals surface area contributed by atoms with Gasteiger partial charge in [0.25, 0.3) is 0 Å². The van der Waals surface area contributed by atoms with Gasteiger partial charge in [-0.15, -0.1) is 0 Å². The van der Waals surface area contributed by atoms with Crippen molar-refractivity contribution in [2.75, 3.05) is 6.54 Å². The van der Waals surface area contributed by atoms with Crippen LogP contribution < -0.4 is 5.73 Å². The highest BCUT2D eigenvalue weighted by molar-refractivity contribution is 9.10. The van der Waals surface area contributed by atoms with E-state index in [1.165, 1.54) is 0 Å². The van der Waals surface area contributed by atoms with Crippen molar-refractivity contribution in [3.63, 3.8) is 0 Å². The molecule has 2 nitrogen and oxygen atoms in total. The van der Waals surface area contributed by atoms with Gasteiger partial charge in [-0.1, -0.05) is 22.9 Å². The Morgan fingerprint density at radius 1 is 1.33 bits per heavy atom. The third-order valence-electron chi connectivity index (χ3n) is 4.60. The summed E-state index contributed by atoms with van der Waals surface area (Å²) in [6.45, 7) is 5.31. The lowest BCUT2D eigenvalue weighted by Gasteiger charge is -2.40. The molecular weight excluding hydrogens is 331 g/mol. The van der Waals surface area contributed by atoms with E-state index in [-0.39, 0.29) is 11.9 Å². The molecule has 1 aliphatic rings. The zero-order chi connectivity index (χ0) is 15.4. The molecule has 21 heavy (non-hydrogen) atoms. The van der Waals surface area contributed by atoms with Crippen molar-refractivity contribution >= 4 is 15.9 Å². The lowest BCUT2D eigenvalue weighted by Crippen LogP contribution is -2.42. The summed E-state index contributed by atoms with van der Waals surface area (Å²) in [5, 5.41) is 0. The minimum atomic E-state index is -0.112. The second-order valence-electron chi connectivity index (χ2n) is 6.15. The van der Waals surface area contributed by atoms with Gasteiger partial charge in [0.2, 0.25) is 0 Å². The first kappa shape index (κ1) is 16.9. The molecule has 0 heterocycles. The molecule has 1 saturated carbocycles. The summed E-state index contributed by atoms with van der Waals surface area (Å²) in [7, 11) is 0. The van der Waals surface area contributed by atoms with Crippen molar-refractivity contribution in [2.45, 2.75) is 64.1 Å². The van der Waals surface area contributed by atoms with Crippen LogP contribution in [0.15, 0.2) is 22.7 Å². The summed E-state index contributed by atoms with van der Waals surface area (Å²) >= 11 is 3.45. The molecular formula is C17H26BrFN2. The second-order valence-corrected chi connectivity index (χ2v) is 7.06. The van der Waals surface area contributed by atoms with Crippen molar-refractivity contribution < 1.29 is 4.39 Å². The monoisotopic (exact) mass is 356 g/mol. The normalized spacial score (nSPS) is 24.3. The van der Waals surface area contributed by atoms with E-state index in [9.17, 15) is 4.39 Å². The van der Waals surface area contributed by atoms with Crippen molar-refractivity contribution in [1.29, 1.82) is 0 Å². The summed E-state index contributed by atoms with van der Waals surface area (Å²) in [5.74, 6) is -0.112. The Hall–Kier alpha value is -0.450. The number of halogens is 2. The molecule has 1 aromatic carbocycles. The lowest BCUT2D eigenvalue weighted by atomic mass is 9.89. The first-order valence-corrected chi connectivity index (χ1v) is 8.78.